The Kier molecular flexibility index (Phi) is 13.3. The highest BCUT2D eigenvalue weighted by Gasteiger charge is 2.34. The molecule has 53 heavy (non-hydrogen) atoms. The van der Waals surface area contributed by atoms with Crippen molar-refractivity contribution in [2.45, 2.75) is 46.8 Å². The fraction of sp³-hybridized carbons (Fsp3) is 0.300. The Morgan fingerprint density at radius 2 is 1.68 bits per heavy atom. The van der Waals surface area contributed by atoms with E-state index < -0.39 is 18.0 Å². The van der Waals surface area contributed by atoms with Crippen LogP contribution in [0.25, 0.3) is 6.08 Å². The highest BCUT2D eigenvalue weighted by molar-refractivity contribution is 9.10. The highest BCUT2D eigenvalue weighted by Crippen LogP contribution is 2.37. The van der Waals surface area contributed by atoms with Crippen LogP contribution in [0, 0.1) is 0 Å². The van der Waals surface area contributed by atoms with Crippen molar-refractivity contribution >= 4 is 45.3 Å². The van der Waals surface area contributed by atoms with E-state index in [0.29, 0.717) is 69.8 Å². The van der Waals surface area contributed by atoms with E-state index in [-0.39, 0.29) is 24.3 Å². The summed E-state index contributed by atoms with van der Waals surface area (Å²) in [6, 6.07) is 15.8. The van der Waals surface area contributed by atoms with Crippen molar-refractivity contribution in [2.75, 3.05) is 33.5 Å². The number of hydrogen-bond donors (Lipinski definition) is 0. The zero-order valence-corrected chi connectivity index (χ0v) is 32.6. The number of methoxy groups -OCH3 is 1. The SMILES string of the molecule is C=CCc1cc(/C=c2\sc3n(c2=O)[C@H](c2ccc(OCC(=O)OC)c(OCC)c2)C(C(=O)OCC)=C(C)N=3)cc(OCC)c1OCc1ccc(Br)cc1. The van der Waals surface area contributed by atoms with Gasteiger partial charge in [-0.15, -0.1) is 6.58 Å². The van der Waals surface area contributed by atoms with E-state index in [9.17, 15) is 14.4 Å². The molecular weight excluding hydrogens is 764 g/mol. The summed E-state index contributed by atoms with van der Waals surface area (Å²) < 4.78 is 37.0. The van der Waals surface area contributed by atoms with E-state index >= 15 is 0 Å². The first-order chi connectivity index (χ1) is 25.6. The van der Waals surface area contributed by atoms with E-state index in [1.807, 2.05) is 50.2 Å². The lowest BCUT2D eigenvalue weighted by Gasteiger charge is -2.25. The Hall–Kier alpha value is -5.14. The van der Waals surface area contributed by atoms with Gasteiger partial charge in [0, 0.05) is 10.0 Å². The van der Waals surface area contributed by atoms with Gasteiger partial charge in [-0.05, 0) is 93.3 Å². The van der Waals surface area contributed by atoms with Gasteiger partial charge in [0.1, 0.15) is 6.61 Å². The number of esters is 2. The molecule has 0 saturated heterocycles. The van der Waals surface area contributed by atoms with Gasteiger partial charge in [0.05, 0.1) is 48.8 Å². The maximum absolute atomic E-state index is 14.4. The van der Waals surface area contributed by atoms with Crippen LogP contribution in [-0.2, 0) is 32.1 Å². The van der Waals surface area contributed by atoms with Crippen LogP contribution < -0.4 is 33.8 Å². The number of rotatable bonds is 16. The first kappa shape index (κ1) is 39.1. The molecule has 0 aliphatic carbocycles. The number of nitrogens with zero attached hydrogens (tertiary/aromatic N) is 2. The van der Waals surface area contributed by atoms with E-state index in [2.05, 4.69) is 22.5 Å². The molecule has 0 unspecified atom stereocenters. The van der Waals surface area contributed by atoms with E-state index in [1.165, 1.54) is 23.0 Å². The van der Waals surface area contributed by atoms with Crippen LogP contribution in [0.15, 0.2) is 92.8 Å². The Labute approximate surface area is 319 Å². The van der Waals surface area contributed by atoms with Crippen molar-refractivity contribution in [3.8, 4) is 23.0 Å². The standard InChI is InChI=1S/C40H41BrN2O9S/c1-7-11-28-18-26(19-32(49-9-3)37(28)52-22-25-12-15-29(41)16-13-25)20-33-38(45)43-36(35(39(46)50-10-4)24(5)42-40(43)53-33)27-14-17-30(31(21-27)48-8-2)51-23-34(44)47-6/h7,12-21,36H,1,8-11,22-23H2,2-6H3/b33-20-/t36-/m1/s1. The molecular formula is C40H41BrN2O9S. The third-order valence-electron chi connectivity index (χ3n) is 8.09. The van der Waals surface area contributed by atoms with Crippen LogP contribution in [-0.4, -0.2) is 50.0 Å². The summed E-state index contributed by atoms with van der Waals surface area (Å²) in [5.41, 5.74) is 3.40. The van der Waals surface area contributed by atoms with Crippen molar-refractivity contribution in [2.24, 2.45) is 4.99 Å². The molecule has 11 nitrogen and oxygen atoms in total. The third-order valence-corrected chi connectivity index (χ3v) is 9.60. The molecule has 278 valence electrons. The first-order valence-electron chi connectivity index (χ1n) is 17.1. The molecule has 0 fully saturated rings. The van der Waals surface area contributed by atoms with Crippen LogP contribution in [0.1, 0.15) is 56.0 Å². The maximum Gasteiger partial charge on any atom is 0.343 e. The second kappa shape index (κ2) is 18.1. The molecule has 3 aromatic carbocycles. The number of allylic oxidation sites excluding steroid dienone is 2. The van der Waals surface area contributed by atoms with Gasteiger partial charge < -0.3 is 28.4 Å². The molecule has 5 rings (SSSR count). The fourth-order valence-corrected chi connectivity index (χ4v) is 7.08. The molecule has 0 N–H and O–H groups in total. The molecule has 1 atom stereocenters. The monoisotopic (exact) mass is 804 g/mol. The minimum absolute atomic E-state index is 0.134. The van der Waals surface area contributed by atoms with Crippen LogP contribution in [0.5, 0.6) is 23.0 Å². The minimum Gasteiger partial charge on any atom is -0.490 e. The summed E-state index contributed by atoms with van der Waals surface area (Å²) in [4.78, 5) is 44.8. The smallest absolute Gasteiger partial charge is 0.343 e. The number of thiazole rings is 1. The normalized spacial score (nSPS) is 13.8. The molecule has 0 saturated carbocycles. The summed E-state index contributed by atoms with van der Waals surface area (Å²) in [5, 5.41) is 0. The van der Waals surface area contributed by atoms with Crippen LogP contribution in [0.3, 0.4) is 0 Å². The van der Waals surface area contributed by atoms with E-state index in [0.717, 1.165) is 21.2 Å². The average Bonchev–Trinajstić information content (AvgIpc) is 3.44. The zero-order valence-electron chi connectivity index (χ0n) is 30.2. The van der Waals surface area contributed by atoms with Crippen molar-refractivity contribution < 1.29 is 38.0 Å². The lowest BCUT2D eigenvalue weighted by Crippen LogP contribution is -2.40. The Bertz CT molecular complexity index is 2210. The first-order valence-corrected chi connectivity index (χ1v) is 18.7. The predicted molar refractivity (Wildman–Crippen MR) is 206 cm³/mol. The number of carbonyl (C=O) groups is 2. The van der Waals surface area contributed by atoms with Gasteiger partial charge in [-0.2, -0.15) is 0 Å². The van der Waals surface area contributed by atoms with Crippen molar-refractivity contribution in [1.29, 1.82) is 0 Å². The summed E-state index contributed by atoms with van der Waals surface area (Å²) >= 11 is 4.68. The van der Waals surface area contributed by atoms with Gasteiger partial charge in [-0.25, -0.2) is 14.6 Å². The van der Waals surface area contributed by atoms with Gasteiger partial charge in [-0.1, -0.05) is 51.5 Å². The molecule has 1 aliphatic heterocycles. The maximum atomic E-state index is 14.4. The molecule has 0 bridgehead atoms. The zero-order chi connectivity index (χ0) is 38.1. The topological polar surface area (TPSA) is 124 Å². The Morgan fingerprint density at radius 1 is 0.943 bits per heavy atom. The lowest BCUT2D eigenvalue weighted by atomic mass is 9.95. The quantitative estimate of drug-likeness (QED) is 0.0960. The highest BCUT2D eigenvalue weighted by atomic mass is 79.9. The van der Waals surface area contributed by atoms with Gasteiger partial charge in [0.25, 0.3) is 5.56 Å². The summed E-state index contributed by atoms with van der Waals surface area (Å²) in [6.07, 6.45) is 4.08. The van der Waals surface area contributed by atoms with Gasteiger partial charge in [0.15, 0.2) is 34.4 Å². The molecule has 2 heterocycles. The number of hydrogen-bond acceptors (Lipinski definition) is 11. The van der Waals surface area contributed by atoms with E-state index in [1.54, 1.807) is 44.2 Å². The van der Waals surface area contributed by atoms with Crippen molar-refractivity contribution in [3.05, 3.63) is 125 Å². The summed E-state index contributed by atoms with van der Waals surface area (Å²) in [5.74, 6) is 0.628. The molecule has 0 spiro atoms. The average molecular weight is 806 g/mol. The van der Waals surface area contributed by atoms with Crippen molar-refractivity contribution in [3.63, 3.8) is 0 Å². The summed E-state index contributed by atoms with van der Waals surface area (Å²) in [6.45, 7) is 11.9. The van der Waals surface area contributed by atoms with Crippen LogP contribution in [0.4, 0.5) is 0 Å². The molecule has 1 aliphatic rings. The number of ether oxygens (including phenoxy) is 6. The fourth-order valence-electron chi connectivity index (χ4n) is 5.77. The number of carbonyl (C=O) groups excluding carboxylic acids is 2. The number of fused-ring (bicyclic) bond motifs is 1. The van der Waals surface area contributed by atoms with Crippen LogP contribution in [0.2, 0.25) is 0 Å². The second-order valence-corrected chi connectivity index (χ2v) is 13.6. The predicted octanol–water partition coefficient (Wildman–Crippen LogP) is 6.22. The third kappa shape index (κ3) is 9.09. The minimum atomic E-state index is -0.897. The number of benzene rings is 3. The molecule has 0 amide bonds. The largest absolute Gasteiger partial charge is 0.490 e. The molecule has 1 aromatic heterocycles. The van der Waals surface area contributed by atoms with Gasteiger partial charge >= 0.3 is 11.9 Å². The van der Waals surface area contributed by atoms with Gasteiger partial charge in [-0.3, -0.25) is 9.36 Å². The van der Waals surface area contributed by atoms with E-state index in [4.69, 9.17) is 33.4 Å². The summed E-state index contributed by atoms with van der Waals surface area (Å²) in [7, 11) is 1.27. The Morgan fingerprint density at radius 3 is 2.36 bits per heavy atom. The molecule has 0 radical (unpaired) electrons. The molecule has 4 aromatic rings. The number of aromatic nitrogens is 1. The van der Waals surface area contributed by atoms with Gasteiger partial charge in [0.2, 0.25) is 0 Å². The number of halogens is 1. The lowest BCUT2D eigenvalue weighted by molar-refractivity contribution is -0.143. The van der Waals surface area contributed by atoms with Crippen molar-refractivity contribution in [1.82, 2.24) is 4.57 Å². The Balaban J connectivity index is 1.63. The second-order valence-electron chi connectivity index (χ2n) is 11.7. The van der Waals surface area contributed by atoms with Crippen LogP contribution >= 0.6 is 27.3 Å². The molecule has 13 heteroatoms.